The SMILES string of the molecule is N#Cc1cc(Br)ccc1Oc1cccc(C(=O)O)c1. The van der Waals surface area contributed by atoms with Gasteiger partial charge in [0.25, 0.3) is 0 Å². The molecule has 1 N–H and O–H groups in total. The van der Waals surface area contributed by atoms with E-state index in [4.69, 9.17) is 15.1 Å². The molecule has 0 aliphatic heterocycles. The summed E-state index contributed by atoms with van der Waals surface area (Å²) >= 11 is 3.27. The summed E-state index contributed by atoms with van der Waals surface area (Å²) in [5.74, 6) is -0.270. The largest absolute Gasteiger partial charge is 0.478 e. The number of hydrogen-bond acceptors (Lipinski definition) is 3. The van der Waals surface area contributed by atoms with Crippen molar-refractivity contribution in [2.75, 3.05) is 0 Å². The Kier molecular flexibility index (Phi) is 3.83. The molecule has 0 atom stereocenters. The van der Waals surface area contributed by atoms with Gasteiger partial charge in [-0.05, 0) is 36.4 Å². The number of nitriles is 1. The molecule has 0 aliphatic rings. The van der Waals surface area contributed by atoms with Crippen LogP contribution in [0, 0.1) is 11.3 Å². The molecular weight excluding hydrogens is 310 g/mol. The second kappa shape index (κ2) is 5.55. The van der Waals surface area contributed by atoms with E-state index in [-0.39, 0.29) is 5.56 Å². The number of halogens is 1. The molecule has 2 aromatic carbocycles. The Morgan fingerprint density at radius 2 is 2.05 bits per heavy atom. The van der Waals surface area contributed by atoms with E-state index >= 15 is 0 Å². The van der Waals surface area contributed by atoms with E-state index in [0.29, 0.717) is 17.1 Å². The molecule has 0 aromatic heterocycles. The number of carboxylic acids is 1. The van der Waals surface area contributed by atoms with Gasteiger partial charge in [0.1, 0.15) is 17.6 Å². The highest BCUT2D eigenvalue weighted by atomic mass is 79.9. The minimum atomic E-state index is -1.03. The molecule has 2 aromatic rings. The first-order valence-electron chi connectivity index (χ1n) is 5.31. The van der Waals surface area contributed by atoms with Gasteiger partial charge in [0.2, 0.25) is 0 Å². The van der Waals surface area contributed by atoms with Crippen LogP contribution in [0.2, 0.25) is 0 Å². The highest BCUT2D eigenvalue weighted by Gasteiger charge is 2.08. The average molecular weight is 318 g/mol. The van der Waals surface area contributed by atoms with Gasteiger partial charge in [0.15, 0.2) is 0 Å². The summed E-state index contributed by atoms with van der Waals surface area (Å²) in [6, 6.07) is 13.2. The van der Waals surface area contributed by atoms with E-state index in [0.717, 1.165) is 4.47 Å². The second-order valence-electron chi connectivity index (χ2n) is 3.69. The normalized spacial score (nSPS) is 9.68. The Bertz CT molecular complexity index is 677. The Morgan fingerprint density at radius 1 is 1.26 bits per heavy atom. The number of rotatable bonds is 3. The highest BCUT2D eigenvalue weighted by Crippen LogP contribution is 2.28. The molecule has 94 valence electrons. The predicted octanol–water partition coefficient (Wildman–Crippen LogP) is 3.81. The molecule has 0 saturated carbocycles. The van der Waals surface area contributed by atoms with Gasteiger partial charge in [-0.15, -0.1) is 0 Å². The molecule has 0 spiro atoms. The van der Waals surface area contributed by atoms with E-state index in [1.54, 1.807) is 30.3 Å². The van der Waals surface area contributed by atoms with Crippen LogP contribution in [0.4, 0.5) is 0 Å². The second-order valence-corrected chi connectivity index (χ2v) is 4.60. The Labute approximate surface area is 118 Å². The van der Waals surface area contributed by atoms with Crippen molar-refractivity contribution < 1.29 is 14.6 Å². The lowest BCUT2D eigenvalue weighted by Gasteiger charge is -2.08. The quantitative estimate of drug-likeness (QED) is 0.934. The van der Waals surface area contributed by atoms with E-state index in [2.05, 4.69) is 15.9 Å². The van der Waals surface area contributed by atoms with Crippen molar-refractivity contribution >= 4 is 21.9 Å². The molecule has 0 heterocycles. The van der Waals surface area contributed by atoms with Crippen molar-refractivity contribution in [1.29, 1.82) is 5.26 Å². The van der Waals surface area contributed by atoms with E-state index in [1.807, 2.05) is 6.07 Å². The minimum absolute atomic E-state index is 0.133. The van der Waals surface area contributed by atoms with Crippen molar-refractivity contribution in [2.24, 2.45) is 0 Å². The Morgan fingerprint density at radius 3 is 2.74 bits per heavy atom. The lowest BCUT2D eigenvalue weighted by atomic mass is 10.2. The maximum atomic E-state index is 10.9. The molecule has 0 fully saturated rings. The van der Waals surface area contributed by atoms with Crippen molar-refractivity contribution in [3.63, 3.8) is 0 Å². The predicted molar refractivity (Wildman–Crippen MR) is 72.3 cm³/mol. The number of carboxylic acid groups (broad SMARTS) is 1. The highest BCUT2D eigenvalue weighted by molar-refractivity contribution is 9.10. The Hall–Kier alpha value is -2.32. The summed E-state index contributed by atoms with van der Waals surface area (Å²) in [6.07, 6.45) is 0. The van der Waals surface area contributed by atoms with Crippen LogP contribution in [0.1, 0.15) is 15.9 Å². The van der Waals surface area contributed by atoms with E-state index in [1.165, 1.54) is 12.1 Å². The minimum Gasteiger partial charge on any atom is -0.478 e. The first kappa shape index (κ1) is 13.1. The zero-order valence-corrected chi connectivity index (χ0v) is 11.2. The van der Waals surface area contributed by atoms with Gasteiger partial charge in [-0.3, -0.25) is 0 Å². The lowest BCUT2D eigenvalue weighted by molar-refractivity contribution is 0.0696. The number of hydrogen-bond donors (Lipinski definition) is 1. The van der Waals surface area contributed by atoms with Crippen LogP contribution < -0.4 is 4.74 Å². The summed E-state index contributed by atoms with van der Waals surface area (Å²) in [4.78, 5) is 10.9. The van der Waals surface area contributed by atoms with Gasteiger partial charge in [0, 0.05) is 4.47 Å². The smallest absolute Gasteiger partial charge is 0.335 e. The fourth-order valence-electron chi connectivity index (χ4n) is 1.50. The van der Waals surface area contributed by atoms with Crippen LogP contribution in [-0.2, 0) is 0 Å². The summed E-state index contributed by atoms with van der Waals surface area (Å²) in [5.41, 5.74) is 0.503. The summed E-state index contributed by atoms with van der Waals surface area (Å²) in [5, 5.41) is 17.9. The van der Waals surface area contributed by atoms with Crippen molar-refractivity contribution in [2.45, 2.75) is 0 Å². The zero-order valence-electron chi connectivity index (χ0n) is 9.63. The maximum absolute atomic E-state index is 10.9. The van der Waals surface area contributed by atoms with Crippen LogP contribution in [0.3, 0.4) is 0 Å². The van der Waals surface area contributed by atoms with Crippen molar-refractivity contribution in [3.05, 3.63) is 58.1 Å². The van der Waals surface area contributed by atoms with Crippen LogP contribution in [0.5, 0.6) is 11.5 Å². The zero-order chi connectivity index (χ0) is 13.8. The lowest BCUT2D eigenvalue weighted by Crippen LogP contribution is -1.96. The first-order chi connectivity index (χ1) is 9.10. The molecule has 5 heteroatoms. The fourth-order valence-corrected chi connectivity index (χ4v) is 1.86. The summed E-state index contributed by atoms with van der Waals surface area (Å²) < 4.78 is 6.31. The number of nitrogens with zero attached hydrogens (tertiary/aromatic N) is 1. The first-order valence-corrected chi connectivity index (χ1v) is 6.10. The van der Waals surface area contributed by atoms with Gasteiger partial charge in [-0.1, -0.05) is 22.0 Å². The van der Waals surface area contributed by atoms with Crippen molar-refractivity contribution in [1.82, 2.24) is 0 Å². The number of benzene rings is 2. The molecule has 19 heavy (non-hydrogen) atoms. The summed E-state index contributed by atoms with van der Waals surface area (Å²) in [6.45, 7) is 0. The van der Waals surface area contributed by atoms with Crippen LogP contribution in [0.15, 0.2) is 46.9 Å². The molecule has 0 radical (unpaired) electrons. The molecule has 0 saturated heterocycles. The van der Waals surface area contributed by atoms with Crippen LogP contribution >= 0.6 is 15.9 Å². The third-order valence-corrected chi connectivity index (χ3v) is 2.86. The van der Waals surface area contributed by atoms with Crippen LogP contribution in [-0.4, -0.2) is 11.1 Å². The standard InChI is InChI=1S/C14H8BrNO3/c15-11-4-5-13(10(6-11)8-16)19-12-3-1-2-9(7-12)14(17)18/h1-7H,(H,17,18). The average Bonchev–Trinajstić information content (AvgIpc) is 2.41. The third-order valence-electron chi connectivity index (χ3n) is 2.37. The van der Waals surface area contributed by atoms with Gasteiger partial charge in [-0.25, -0.2) is 4.79 Å². The van der Waals surface area contributed by atoms with Crippen LogP contribution in [0.25, 0.3) is 0 Å². The molecule has 0 bridgehead atoms. The summed E-state index contributed by atoms with van der Waals surface area (Å²) in [7, 11) is 0. The maximum Gasteiger partial charge on any atom is 0.335 e. The molecular formula is C14H8BrNO3. The number of ether oxygens (including phenoxy) is 1. The van der Waals surface area contributed by atoms with E-state index in [9.17, 15) is 4.79 Å². The van der Waals surface area contributed by atoms with Gasteiger partial charge >= 0.3 is 5.97 Å². The van der Waals surface area contributed by atoms with Gasteiger partial charge in [-0.2, -0.15) is 5.26 Å². The van der Waals surface area contributed by atoms with Gasteiger partial charge in [0.05, 0.1) is 11.1 Å². The number of aromatic carboxylic acids is 1. The molecule has 0 amide bonds. The molecule has 4 nitrogen and oxygen atoms in total. The monoisotopic (exact) mass is 317 g/mol. The fraction of sp³-hybridized carbons (Fsp3) is 0. The third kappa shape index (κ3) is 3.12. The van der Waals surface area contributed by atoms with Crippen molar-refractivity contribution in [3.8, 4) is 17.6 Å². The molecule has 0 unspecified atom stereocenters. The number of carbonyl (C=O) groups is 1. The van der Waals surface area contributed by atoms with Gasteiger partial charge < -0.3 is 9.84 Å². The molecule has 2 rings (SSSR count). The molecule has 0 aliphatic carbocycles. The topological polar surface area (TPSA) is 70.3 Å². The van der Waals surface area contributed by atoms with E-state index < -0.39 is 5.97 Å². The Balaban J connectivity index is 2.34.